The number of hydrogen-bond acceptors (Lipinski definition) is 2. The molecule has 0 atom stereocenters. The van der Waals surface area contributed by atoms with Crippen molar-refractivity contribution in [1.29, 1.82) is 0 Å². The summed E-state index contributed by atoms with van der Waals surface area (Å²) in [7, 11) is 0. The van der Waals surface area contributed by atoms with Gasteiger partial charge in [-0.2, -0.15) is 0 Å². The molecule has 0 unspecified atom stereocenters. The van der Waals surface area contributed by atoms with Gasteiger partial charge in [-0.1, -0.05) is 13.0 Å². The van der Waals surface area contributed by atoms with Crippen molar-refractivity contribution in [2.75, 3.05) is 0 Å². The highest BCUT2D eigenvalue weighted by molar-refractivity contribution is 5.39. The summed E-state index contributed by atoms with van der Waals surface area (Å²) in [5, 5.41) is 0. The van der Waals surface area contributed by atoms with Crippen LogP contribution in [0.5, 0.6) is 0 Å². The SMILES string of the molecule is CCc1cnc2cccc(C)n2c1=O. The van der Waals surface area contributed by atoms with Crippen LogP contribution in [0.25, 0.3) is 5.65 Å². The van der Waals surface area contributed by atoms with Crippen molar-refractivity contribution in [1.82, 2.24) is 9.38 Å². The van der Waals surface area contributed by atoms with Crippen LogP contribution in [-0.4, -0.2) is 9.38 Å². The number of hydrogen-bond donors (Lipinski definition) is 0. The van der Waals surface area contributed by atoms with Crippen molar-refractivity contribution in [3.05, 3.63) is 46.0 Å². The van der Waals surface area contributed by atoms with Crippen LogP contribution in [0, 0.1) is 6.92 Å². The lowest BCUT2D eigenvalue weighted by atomic mass is 10.2. The van der Waals surface area contributed by atoms with Crippen molar-refractivity contribution in [2.24, 2.45) is 0 Å². The molecule has 0 radical (unpaired) electrons. The normalized spacial score (nSPS) is 10.7. The van der Waals surface area contributed by atoms with Crippen LogP contribution >= 0.6 is 0 Å². The molecular formula is C11H12N2O. The molecule has 0 fully saturated rings. The zero-order valence-electron chi connectivity index (χ0n) is 8.32. The molecular weight excluding hydrogens is 176 g/mol. The highest BCUT2D eigenvalue weighted by Gasteiger charge is 2.03. The van der Waals surface area contributed by atoms with E-state index in [0.717, 1.165) is 17.7 Å². The Hall–Kier alpha value is -1.64. The lowest BCUT2D eigenvalue weighted by molar-refractivity contribution is 0.936. The standard InChI is InChI=1S/C11H12N2O/c1-3-9-7-12-10-6-4-5-8(2)13(10)11(9)14/h4-7H,3H2,1-2H3. The highest BCUT2D eigenvalue weighted by Crippen LogP contribution is 2.02. The van der Waals surface area contributed by atoms with Crippen LogP contribution in [0.2, 0.25) is 0 Å². The molecule has 2 heterocycles. The van der Waals surface area contributed by atoms with Gasteiger partial charge in [-0.15, -0.1) is 0 Å². The van der Waals surface area contributed by atoms with Crippen molar-refractivity contribution in [3.63, 3.8) is 0 Å². The number of aromatic nitrogens is 2. The quantitative estimate of drug-likeness (QED) is 0.680. The van der Waals surface area contributed by atoms with E-state index in [1.165, 1.54) is 0 Å². The van der Waals surface area contributed by atoms with Gasteiger partial charge in [0.15, 0.2) is 0 Å². The molecule has 2 aromatic rings. The molecule has 0 saturated carbocycles. The minimum Gasteiger partial charge on any atom is -0.269 e. The second-order valence-corrected chi connectivity index (χ2v) is 3.30. The van der Waals surface area contributed by atoms with Gasteiger partial charge in [-0.05, 0) is 25.5 Å². The van der Waals surface area contributed by atoms with Gasteiger partial charge < -0.3 is 0 Å². The predicted octanol–water partition coefficient (Wildman–Crippen LogP) is 1.57. The largest absolute Gasteiger partial charge is 0.269 e. The van der Waals surface area contributed by atoms with Crippen LogP contribution in [0.4, 0.5) is 0 Å². The van der Waals surface area contributed by atoms with Crippen molar-refractivity contribution >= 4 is 5.65 Å². The van der Waals surface area contributed by atoms with Crippen LogP contribution in [-0.2, 0) is 6.42 Å². The van der Waals surface area contributed by atoms with Crippen LogP contribution < -0.4 is 5.56 Å². The van der Waals surface area contributed by atoms with E-state index in [1.54, 1.807) is 10.6 Å². The summed E-state index contributed by atoms with van der Waals surface area (Å²) >= 11 is 0. The minimum absolute atomic E-state index is 0.0515. The van der Waals surface area contributed by atoms with Crippen molar-refractivity contribution in [3.8, 4) is 0 Å². The van der Waals surface area contributed by atoms with E-state index in [0.29, 0.717) is 5.65 Å². The summed E-state index contributed by atoms with van der Waals surface area (Å²) in [6.45, 7) is 3.87. The summed E-state index contributed by atoms with van der Waals surface area (Å²) in [4.78, 5) is 16.1. The number of nitrogens with zero attached hydrogens (tertiary/aromatic N) is 2. The van der Waals surface area contributed by atoms with Gasteiger partial charge in [0.1, 0.15) is 5.65 Å². The maximum absolute atomic E-state index is 11.9. The minimum atomic E-state index is 0.0515. The molecule has 0 amide bonds. The van der Waals surface area contributed by atoms with E-state index in [-0.39, 0.29) is 5.56 Å². The summed E-state index contributed by atoms with van der Waals surface area (Å²) in [5.41, 5.74) is 2.45. The average molecular weight is 188 g/mol. The summed E-state index contributed by atoms with van der Waals surface area (Å²) in [6, 6.07) is 5.66. The van der Waals surface area contributed by atoms with Gasteiger partial charge in [0, 0.05) is 17.5 Å². The fourth-order valence-electron chi connectivity index (χ4n) is 1.55. The first-order valence-corrected chi connectivity index (χ1v) is 4.70. The first-order chi connectivity index (χ1) is 6.74. The monoisotopic (exact) mass is 188 g/mol. The van der Waals surface area contributed by atoms with E-state index < -0.39 is 0 Å². The predicted molar refractivity (Wildman–Crippen MR) is 55.6 cm³/mol. The lowest BCUT2D eigenvalue weighted by Crippen LogP contribution is -2.20. The molecule has 3 nitrogen and oxygen atoms in total. The van der Waals surface area contributed by atoms with Gasteiger partial charge in [-0.3, -0.25) is 9.20 Å². The molecule has 0 N–H and O–H groups in total. The highest BCUT2D eigenvalue weighted by atomic mass is 16.1. The van der Waals surface area contributed by atoms with Crippen molar-refractivity contribution in [2.45, 2.75) is 20.3 Å². The Balaban J connectivity index is 2.94. The third-order valence-electron chi connectivity index (χ3n) is 2.38. The Morgan fingerprint density at radius 3 is 2.93 bits per heavy atom. The summed E-state index contributed by atoms with van der Waals surface area (Å²) in [5.74, 6) is 0. The second-order valence-electron chi connectivity index (χ2n) is 3.30. The molecule has 2 rings (SSSR count). The zero-order valence-corrected chi connectivity index (χ0v) is 8.32. The summed E-state index contributed by atoms with van der Waals surface area (Å²) < 4.78 is 1.65. The van der Waals surface area contributed by atoms with Crippen LogP contribution in [0.15, 0.2) is 29.2 Å². The molecule has 0 bridgehead atoms. The molecule has 0 aliphatic heterocycles. The Morgan fingerprint density at radius 1 is 1.43 bits per heavy atom. The Bertz CT molecular complexity index is 528. The maximum atomic E-state index is 11.9. The maximum Gasteiger partial charge on any atom is 0.261 e. The van der Waals surface area contributed by atoms with Gasteiger partial charge in [0.2, 0.25) is 0 Å². The molecule has 0 aliphatic carbocycles. The third-order valence-corrected chi connectivity index (χ3v) is 2.38. The molecule has 72 valence electrons. The van der Waals surface area contributed by atoms with Gasteiger partial charge >= 0.3 is 0 Å². The number of rotatable bonds is 1. The Kier molecular flexibility index (Phi) is 2.08. The average Bonchev–Trinajstić information content (AvgIpc) is 2.18. The number of pyridine rings is 1. The summed E-state index contributed by atoms with van der Waals surface area (Å²) in [6.07, 6.45) is 2.39. The van der Waals surface area contributed by atoms with E-state index in [4.69, 9.17) is 0 Å². The molecule has 0 aromatic carbocycles. The molecule has 2 aromatic heterocycles. The molecule has 3 heteroatoms. The van der Waals surface area contributed by atoms with Gasteiger partial charge in [0.25, 0.3) is 5.56 Å². The van der Waals surface area contributed by atoms with Crippen LogP contribution in [0.3, 0.4) is 0 Å². The Labute approximate surface area is 82.0 Å². The molecule has 0 spiro atoms. The smallest absolute Gasteiger partial charge is 0.261 e. The van der Waals surface area contributed by atoms with Crippen molar-refractivity contribution < 1.29 is 0 Å². The van der Waals surface area contributed by atoms with E-state index in [2.05, 4.69) is 4.98 Å². The van der Waals surface area contributed by atoms with E-state index in [9.17, 15) is 4.79 Å². The fourth-order valence-corrected chi connectivity index (χ4v) is 1.55. The third kappa shape index (κ3) is 1.21. The fraction of sp³-hybridized carbons (Fsp3) is 0.273. The molecule has 0 aliphatic rings. The number of fused-ring (bicyclic) bond motifs is 1. The molecule has 0 saturated heterocycles. The van der Waals surface area contributed by atoms with E-state index in [1.807, 2.05) is 32.0 Å². The molecule has 14 heavy (non-hydrogen) atoms. The number of aryl methyl sites for hydroxylation is 2. The van der Waals surface area contributed by atoms with Gasteiger partial charge in [-0.25, -0.2) is 4.98 Å². The van der Waals surface area contributed by atoms with Crippen LogP contribution in [0.1, 0.15) is 18.2 Å². The Morgan fingerprint density at radius 2 is 2.21 bits per heavy atom. The topological polar surface area (TPSA) is 34.4 Å². The lowest BCUT2D eigenvalue weighted by Gasteiger charge is -2.04. The van der Waals surface area contributed by atoms with E-state index >= 15 is 0 Å². The zero-order chi connectivity index (χ0) is 10.1. The van der Waals surface area contributed by atoms with Gasteiger partial charge in [0.05, 0.1) is 0 Å². The first-order valence-electron chi connectivity index (χ1n) is 4.70. The first kappa shape index (κ1) is 8.94. The second kappa shape index (κ2) is 3.25.